The van der Waals surface area contributed by atoms with Gasteiger partial charge >= 0.3 is 0 Å². The highest BCUT2D eigenvalue weighted by atomic mass is 16.4. The molecule has 1 atom stereocenters. The molecule has 1 unspecified atom stereocenters. The van der Waals surface area contributed by atoms with E-state index in [2.05, 4.69) is 32.5 Å². The van der Waals surface area contributed by atoms with Crippen molar-refractivity contribution in [2.24, 2.45) is 0 Å². The van der Waals surface area contributed by atoms with Crippen LogP contribution in [0.2, 0.25) is 0 Å². The van der Waals surface area contributed by atoms with Crippen LogP contribution in [0.15, 0.2) is 16.7 Å². The Hall–Kier alpha value is -2.11. The minimum atomic E-state index is -0.0439. The van der Waals surface area contributed by atoms with Gasteiger partial charge in [0.2, 0.25) is 5.89 Å². The Morgan fingerprint density at radius 3 is 2.62 bits per heavy atom. The number of rotatable bonds is 7. The van der Waals surface area contributed by atoms with Crippen molar-refractivity contribution in [3.8, 4) is 0 Å². The number of nitrogens with zero attached hydrogens (tertiary/aromatic N) is 3. The molecule has 2 rings (SSSR count). The van der Waals surface area contributed by atoms with Crippen molar-refractivity contribution in [3.05, 3.63) is 29.7 Å². The van der Waals surface area contributed by atoms with Crippen LogP contribution in [0.25, 0.3) is 0 Å². The van der Waals surface area contributed by atoms with Gasteiger partial charge in [0.05, 0.1) is 6.20 Å². The van der Waals surface area contributed by atoms with Gasteiger partial charge in [-0.1, -0.05) is 6.92 Å². The molecule has 2 N–H and O–H groups in total. The molecule has 2 aromatic rings. The normalized spacial score (nSPS) is 12.2. The molecule has 0 amide bonds. The van der Waals surface area contributed by atoms with Crippen LogP contribution < -0.4 is 10.6 Å². The molecule has 0 radical (unpaired) electrons. The molecule has 6 heteroatoms. The van der Waals surface area contributed by atoms with Crippen LogP contribution in [0.4, 0.5) is 11.6 Å². The number of aromatic nitrogens is 3. The Morgan fingerprint density at radius 1 is 1.24 bits per heavy atom. The quantitative estimate of drug-likeness (QED) is 0.814. The summed E-state index contributed by atoms with van der Waals surface area (Å²) >= 11 is 0. The lowest BCUT2D eigenvalue weighted by Crippen LogP contribution is -2.11. The predicted molar refractivity (Wildman–Crippen MR) is 83.5 cm³/mol. The molecule has 2 aromatic heterocycles. The van der Waals surface area contributed by atoms with Crippen LogP contribution in [0, 0.1) is 6.92 Å². The van der Waals surface area contributed by atoms with Gasteiger partial charge in [-0.3, -0.25) is 0 Å². The van der Waals surface area contributed by atoms with Gasteiger partial charge in [0, 0.05) is 19.0 Å². The van der Waals surface area contributed by atoms with Gasteiger partial charge in [-0.25, -0.2) is 15.0 Å². The van der Waals surface area contributed by atoms with E-state index in [1.807, 2.05) is 26.8 Å². The van der Waals surface area contributed by atoms with Crippen molar-refractivity contribution in [1.29, 1.82) is 0 Å². The second-order valence-electron chi connectivity index (χ2n) is 5.01. The van der Waals surface area contributed by atoms with E-state index in [1.165, 1.54) is 0 Å². The summed E-state index contributed by atoms with van der Waals surface area (Å²) in [6.45, 7) is 8.88. The highest BCUT2D eigenvalue weighted by Crippen LogP contribution is 2.20. The fourth-order valence-electron chi connectivity index (χ4n) is 2.03. The van der Waals surface area contributed by atoms with Crippen LogP contribution in [0.3, 0.4) is 0 Å². The Kier molecular flexibility index (Phi) is 5.14. The smallest absolute Gasteiger partial charge is 0.216 e. The standard InChI is InChI=1S/C15H23N5O/c1-5-7-12-19-13(16-6-2)8-14(20-12)18-11(4)15-17-9-10(3)21-15/h8-9,11H,5-7H2,1-4H3,(H2,16,18,19,20). The van der Waals surface area contributed by atoms with E-state index in [1.54, 1.807) is 6.20 Å². The number of hydrogen-bond donors (Lipinski definition) is 2. The zero-order valence-electron chi connectivity index (χ0n) is 13.1. The van der Waals surface area contributed by atoms with E-state index in [0.29, 0.717) is 5.89 Å². The third-order valence-electron chi connectivity index (χ3n) is 2.98. The molecule has 0 bridgehead atoms. The number of oxazole rings is 1. The van der Waals surface area contributed by atoms with Gasteiger partial charge in [0.1, 0.15) is 29.3 Å². The maximum absolute atomic E-state index is 5.54. The molecule has 0 saturated heterocycles. The summed E-state index contributed by atoms with van der Waals surface area (Å²) in [6, 6.07) is 1.87. The maximum Gasteiger partial charge on any atom is 0.216 e. The lowest BCUT2D eigenvalue weighted by molar-refractivity contribution is 0.453. The van der Waals surface area contributed by atoms with E-state index in [4.69, 9.17) is 4.42 Å². The molecule has 2 heterocycles. The molecular weight excluding hydrogens is 266 g/mol. The summed E-state index contributed by atoms with van der Waals surface area (Å²) in [6.07, 6.45) is 3.60. The van der Waals surface area contributed by atoms with Crippen molar-refractivity contribution >= 4 is 11.6 Å². The molecule has 21 heavy (non-hydrogen) atoms. The summed E-state index contributed by atoms with van der Waals surface area (Å²) in [7, 11) is 0. The molecule has 0 saturated carbocycles. The van der Waals surface area contributed by atoms with Crippen LogP contribution >= 0.6 is 0 Å². The molecule has 0 aliphatic rings. The Labute approximate surface area is 125 Å². The van der Waals surface area contributed by atoms with E-state index in [9.17, 15) is 0 Å². The van der Waals surface area contributed by atoms with Crippen molar-refractivity contribution < 1.29 is 4.42 Å². The average Bonchev–Trinajstić information content (AvgIpc) is 2.86. The van der Waals surface area contributed by atoms with Crippen LogP contribution in [-0.4, -0.2) is 21.5 Å². The van der Waals surface area contributed by atoms with E-state index < -0.39 is 0 Å². The van der Waals surface area contributed by atoms with Gasteiger partial charge in [-0.05, 0) is 27.2 Å². The molecular formula is C15H23N5O. The first-order valence-electron chi connectivity index (χ1n) is 7.43. The van der Waals surface area contributed by atoms with E-state index >= 15 is 0 Å². The molecule has 114 valence electrons. The van der Waals surface area contributed by atoms with Gasteiger partial charge < -0.3 is 15.1 Å². The summed E-state index contributed by atoms with van der Waals surface area (Å²) in [5, 5.41) is 6.56. The van der Waals surface area contributed by atoms with Crippen molar-refractivity contribution in [2.45, 2.75) is 46.6 Å². The lowest BCUT2D eigenvalue weighted by Gasteiger charge is -2.13. The molecule has 0 aromatic carbocycles. The minimum Gasteiger partial charge on any atom is -0.444 e. The van der Waals surface area contributed by atoms with E-state index in [-0.39, 0.29) is 6.04 Å². The van der Waals surface area contributed by atoms with Crippen molar-refractivity contribution in [1.82, 2.24) is 15.0 Å². The average molecular weight is 289 g/mol. The van der Waals surface area contributed by atoms with Gasteiger partial charge in [0.25, 0.3) is 0 Å². The third-order valence-corrected chi connectivity index (χ3v) is 2.98. The fraction of sp³-hybridized carbons (Fsp3) is 0.533. The zero-order chi connectivity index (χ0) is 15.2. The molecule has 0 aliphatic carbocycles. The summed E-state index contributed by atoms with van der Waals surface area (Å²) < 4.78 is 5.54. The first-order chi connectivity index (χ1) is 10.1. The monoisotopic (exact) mass is 289 g/mol. The summed E-state index contributed by atoms with van der Waals surface area (Å²) in [5.74, 6) is 3.94. The highest BCUT2D eigenvalue weighted by molar-refractivity contribution is 5.48. The minimum absolute atomic E-state index is 0.0439. The first-order valence-corrected chi connectivity index (χ1v) is 7.43. The number of hydrogen-bond acceptors (Lipinski definition) is 6. The second-order valence-corrected chi connectivity index (χ2v) is 5.01. The Balaban J connectivity index is 2.17. The van der Waals surface area contributed by atoms with Gasteiger partial charge in [-0.15, -0.1) is 0 Å². The SMILES string of the molecule is CCCc1nc(NCC)cc(NC(C)c2ncc(C)o2)n1. The Bertz CT molecular complexity index is 557. The predicted octanol–water partition coefficient (Wildman–Crippen LogP) is 3.33. The number of nitrogens with one attached hydrogen (secondary N) is 2. The first kappa shape index (κ1) is 15.3. The van der Waals surface area contributed by atoms with Crippen LogP contribution in [0.5, 0.6) is 0 Å². The van der Waals surface area contributed by atoms with Gasteiger partial charge in [-0.2, -0.15) is 0 Å². The highest BCUT2D eigenvalue weighted by Gasteiger charge is 2.13. The lowest BCUT2D eigenvalue weighted by atomic mass is 10.3. The summed E-state index contributed by atoms with van der Waals surface area (Å²) in [5.41, 5.74) is 0. The molecule has 6 nitrogen and oxygen atoms in total. The topological polar surface area (TPSA) is 75.9 Å². The zero-order valence-corrected chi connectivity index (χ0v) is 13.1. The maximum atomic E-state index is 5.54. The summed E-state index contributed by atoms with van der Waals surface area (Å²) in [4.78, 5) is 13.3. The van der Waals surface area contributed by atoms with Crippen molar-refractivity contribution in [2.75, 3.05) is 17.2 Å². The third kappa shape index (κ3) is 4.18. The van der Waals surface area contributed by atoms with Crippen LogP contribution in [-0.2, 0) is 6.42 Å². The fourth-order valence-corrected chi connectivity index (χ4v) is 2.03. The van der Waals surface area contributed by atoms with Crippen LogP contribution in [0.1, 0.15) is 50.7 Å². The molecule has 0 aliphatic heterocycles. The number of anilines is 2. The number of aryl methyl sites for hydroxylation is 2. The second kappa shape index (κ2) is 7.06. The molecule has 0 fully saturated rings. The molecule has 0 spiro atoms. The van der Waals surface area contributed by atoms with Crippen molar-refractivity contribution in [3.63, 3.8) is 0 Å². The van der Waals surface area contributed by atoms with E-state index in [0.717, 1.165) is 42.6 Å². The largest absolute Gasteiger partial charge is 0.444 e. The Morgan fingerprint density at radius 2 is 2.00 bits per heavy atom. The van der Waals surface area contributed by atoms with Gasteiger partial charge in [0.15, 0.2) is 0 Å².